The van der Waals surface area contributed by atoms with E-state index in [0.717, 1.165) is 12.8 Å². The Morgan fingerprint density at radius 2 is 2.38 bits per heavy atom. The number of hydrogen-bond donors (Lipinski definition) is 1. The molecule has 1 atom stereocenters. The van der Waals surface area contributed by atoms with Gasteiger partial charge < -0.3 is 5.21 Å². The van der Waals surface area contributed by atoms with Crippen LogP contribution in [0.5, 0.6) is 0 Å². The molecule has 0 aromatic heterocycles. The van der Waals surface area contributed by atoms with Crippen LogP contribution >= 0.6 is 0 Å². The van der Waals surface area contributed by atoms with Crippen molar-refractivity contribution in [2.24, 2.45) is 11.1 Å². The monoisotopic (exact) mass is 115 g/mol. The Bertz CT molecular complexity index is 70.9. The first kappa shape index (κ1) is 7.47. The van der Waals surface area contributed by atoms with Crippen molar-refractivity contribution in [1.29, 1.82) is 0 Å². The summed E-state index contributed by atoms with van der Waals surface area (Å²) in [5.74, 6) is 0.421. The molecule has 0 rings (SSSR count). The Morgan fingerprint density at radius 1 is 1.75 bits per heavy atom. The van der Waals surface area contributed by atoms with E-state index in [4.69, 9.17) is 5.21 Å². The van der Waals surface area contributed by atoms with Crippen molar-refractivity contribution in [3.63, 3.8) is 0 Å². The zero-order valence-corrected chi connectivity index (χ0v) is 5.46. The minimum atomic E-state index is 0.421. The largest absolute Gasteiger partial charge is 0.411 e. The van der Waals surface area contributed by atoms with E-state index in [-0.39, 0.29) is 0 Å². The van der Waals surface area contributed by atoms with Crippen molar-refractivity contribution in [1.82, 2.24) is 0 Å². The van der Waals surface area contributed by atoms with Crippen LogP contribution in [0, 0.1) is 5.92 Å². The SMILES string of the molecule is CCCC(C)C=NO. The first-order valence-corrected chi connectivity index (χ1v) is 2.98. The van der Waals surface area contributed by atoms with Crippen molar-refractivity contribution in [3.8, 4) is 0 Å². The molecule has 0 radical (unpaired) electrons. The van der Waals surface area contributed by atoms with Gasteiger partial charge in [-0.1, -0.05) is 20.3 Å². The highest BCUT2D eigenvalue weighted by atomic mass is 16.4. The van der Waals surface area contributed by atoms with E-state index in [1.54, 1.807) is 6.21 Å². The van der Waals surface area contributed by atoms with Gasteiger partial charge in [0.1, 0.15) is 0 Å². The molecule has 0 aliphatic rings. The molecule has 0 saturated heterocycles. The normalized spacial score (nSPS) is 14.8. The summed E-state index contributed by atoms with van der Waals surface area (Å²) in [6.45, 7) is 4.14. The Kier molecular flexibility index (Phi) is 4.32. The van der Waals surface area contributed by atoms with Gasteiger partial charge in [-0.25, -0.2) is 0 Å². The van der Waals surface area contributed by atoms with Gasteiger partial charge >= 0.3 is 0 Å². The fourth-order valence-electron chi connectivity index (χ4n) is 0.644. The second kappa shape index (κ2) is 4.62. The molecule has 0 heterocycles. The average molecular weight is 115 g/mol. The number of hydrogen-bond acceptors (Lipinski definition) is 2. The summed E-state index contributed by atoms with van der Waals surface area (Å²) >= 11 is 0. The fraction of sp³-hybridized carbons (Fsp3) is 0.833. The third-order valence-corrected chi connectivity index (χ3v) is 1.07. The molecule has 0 bridgehead atoms. The molecule has 0 aliphatic carbocycles. The highest BCUT2D eigenvalue weighted by Gasteiger charge is 1.92. The maximum atomic E-state index is 8.03. The van der Waals surface area contributed by atoms with Gasteiger partial charge in [0, 0.05) is 6.21 Å². The smallest absolute Gasteiger partial charge is 0.0464 e. The molecular formula is C6H13NO. The van der Waals surface area contributed by atoms with Crippen LogP contribution in [0.2, 0.25) is 0 Å². The van der Waals surface area contributed by atoms with Crippen LogP contribution < -0.4 is 0 Å². The molecule has 1 N–H and O–H groups in total. The van der Waals surface area contributed by atoms with Crippen LogP contribution in [0.1, 0.15) is 26.7 Å². The molecule has 0 amide bonds. The van der Waals surface area contributed by atoms with E-state index < -0.39 is 0 Å². The van der Waals surface area contributed by atoms with E-state index in [2.05, 4.69) is 12.1 Å². The summed E-state index contributed by atoms with van der Waals surface area (Å²) in [6.07, 6.45) is 3.81. The lowest BCUT2D eigenvalue weighted by molar-refractivity contribution is 0.318. The van der Waals surface area contributed by atoms with Crippen molar-refractivity contribution >= 4 is 6.21 Å². The third kappa shape index (κ3) is 3.65. The molecule has 2 heteroatoms. The summed E-state index contributed by atoms with van der Waals surface area (Å²) in [6, 6.07) is 0. The van der Waals surface area contributed by atoms with Crippen molar-refractivity contribution in [3.05, 3.63) is 0 Å². The second-order valence-corrected chi connectivity index (χ2v) is 2.03. The molecule has 2 nitrogen and oxygen atoms in total. The lowest BCUT2D eigenvalue weighted by Crippen LogP contribution is -1.93. The molecule has 0 aromatic carbocycles. The van der Waals surface area contributed by atoms with Crippen LogP contribution in [0.25, 0.3) is 0 Å². The minimum absolute atomic E-state index is 0.421. The highest BCUT2D eigenvalue weighted by Crippen LogP contribution is 1.99. The van der Waals surface area contributed by atoms with Gasteiger partial charge in [-0.3, -0.25) is 0 Å². The van der Waals surface area contributed by atoms with E-state index in [0.29, 0.717) is 5.92 Å². The zero-order chi connectivity index (χ0) is 6.41. The first-order chi connectivity index (χ1) is 3.81. The fourth-order valence-corrected chi connectivity index (χ4v) is 0.644. The topological polar surface area (TPSA) is 32.6 Å². The minimum Gasteiger partial charge on any atom is -0.411 e. The molecule has 0 saturated carbocycles. The Labute approximate surface area is 50.2 Å². The van der Waals surface area contributed by atoms with Gasteiger partial charge in [0.15, 0.2) is 0 Å². The summed E-state index contributed by atoms with van der Waals surface area (Å²) < 4.78 is 0. The lowest BCUT2D eigenvalue weighted by atomic mass is 10.1. The Balaban J connectivity index is 3.17. The quantitative estimate of drug-likeness (QED) is 0.340. The molecule has 0 spiro atoms. The van der Waals surface area contributed by atoms with Gasteiger partial charge in [-0.05, 0) is 12.3 Å². The molecule has 0 fully saturated rings. The molecule has 0 aromatic rings. The summed E-state index contributed by atoms with van der Waals surface area (Å²) in [5, 5.41) is 11.0. The van der Waals surface area contributed by atoms with Crippen molar-refractivity contribution in [2.45, 2.75) is 26.7 Å². The highest BCUT2D eigenvalue weighted by molar-refractivity contribution is 5.58. The van der Waals surface area contributed by atoms with Crippen molar-refractivity contribution < 1.29 is 5.21 Å². The van der Waals surface area contributed by atoms with Gasteiger partial charge in [-0.2, -0.15) is 0 Å². The third-order valence-electron chi connectivity index (χ3n) is 1.07. The standard InChI is InChI=1S/C6H13NO/c1-3-4-6(2)5-7-8/h5-6,8H,3-4H2,1-2H3. The predicted octanol–water partition coefficient (Wildman–Crippen LogP) is 1.88. The molecular weight excluding hydrogens is 102 g/mol. The maximum Gasteiger partial charge on any atom is 0.0464 e. The van der Waals surface area contributed by atoms with Crippen LogP contribution in [0.15, 0.2) is 5.16 Å². The van der Waals surface area contributed by atoms with Crippen LogP contribution in [-0.4, -0.2) is 11.4 Å². The van der Waals surface area contributed by atoms with Crippen LogP contribution in [0.4, 0.5) is 0 Å². The Hall–Kier alpha value is -0.530. The van der Waals surface area contributed by atoms with Gasteiger partial charge in [-0.15, -0.1) is 5.16 Å². The summed E-state index contributed by atoms with van der Waals surface area (Å²) in [7, 11) is 0. The average Bonchev–Trinajstić information content (AvgIpc) is 1.68. The lowest BCUT2D eigenvalue weighted by Gasteiger charge is -1.97. The summed E-state index contributed by atoms with van der Waals surface area (Å²) in [5.41, 5.74) is 0. The van der Waals surface area contributed by atoms with Gasteiger partial charge in [0.2, 0.25) is 0 Å². The molecule has 48 valence electrons. The molecule has 0 aliphatic heterocycles. The van der Waals surface area contributed by atoms with E-state index >= 15 is 0 Å². The maximum absolute atomic E-state index is 8.03. The van der Waals surface area contributed by atoms with Gasteiger partial charge in [0.25, 0.3) is 0 Å². The number of rotatable bonds is 3. The summed E-state index contributed by atoms with van der Waals surface area (Å²) in [4.78, 5) is 0. The Morgan fingerprint density at radius 3 is 2.75 bits per heavy atom. The molecule has 8 heavy (non-hydrogen) atoms. The van der Waals surface area contributed by atoms with Crippen LogP contribution in [0.3, 0.4) is 0 Å². The van der Waals surface area contributed by atoms with E-state index in [9.17, 15) is 0 Å². The van der Waals surface area contributed by atoms with Crippen molar-refractivity contribution in [2.75, 3.05) is 0 Å². The molecule has 1 unspecified atom stereocenters. The van der Waals surface area contributed by atoms with Crippen LogP contribution in [-0.2, 0) is 0 Å². The first-order valence-electron chi connectivity index (χ1n) is 2.98. The zero-order valence-electron chi connectivity index (χ0n) is 5.46. The van der Waals surface area contributed by atoms with E-state index in [1.807, 2.05) is 6.92 Å². The van der Waals surface area contributed by atoms with Gasteiger partial charge in [0.05, 0.1) is 0 Å². The second-order valence-electron chi connectivity index (χ2n) is 2.03. The van der Waals surface area contributed by atoms with E-state index in [1.165, 1.54) is 0 Å². The predicted molar refractivity (Wildman–Crippen MR) is 34.4 cm³/mol. The number of oxime groups is 1. The number of nitrogens with zero attached hydrogens (tertiary/aromatic N) is 1.